The van der Waals surface area contributed by atoms with Crippen molar-refractivity contribution in [3.8, 4) is 5.75 Å². The number of ether oxygens (including phenoxy) is 1. The minimum atomic E-state index is -0.147. The van der Waals surface area contributed by atoms with Crippen LogP contribution in [0.3, 0.4) is 0 Å². The van der Waals surface area contributed by atoms with Gasteiger partial charge in [-0.25, -0.2) is 0 Å². The molecule has 0 spiro atoms. The standard InChI is InChI=1S/C15H22N2O3.ClH/c1-2-11-20-13-5-3-12(4-6-13)14(18)7-8-15(19)17-10-9-16;/h3-6H,2,7-11,16H2,1H3,(H,17,19);1H. The fraction of sp³-hybridized carbons (Fsp3) is 0.467. The zero-order valence-electron chi connectivity index (χ0n) is 12.3. The van der Waals surface area contributed by atoms with Gasteiger partial charge in [-0.3, -0.25) is 9.59 Å². The second-order valence-electron chi connectivity index (χ2n) is 4.43. The number of benzene rings is 1. The van der Waals surface area contributed by atoms with E-state index in [-0.39, 0.29) is 36.9 Å². The Hall–Kier alpha value is -1.59. The number of hydrogen-bond acceptors (Lipinski definition) is 4. The van der Waals surface area contributed by atoms with Crippen LogP contribution in [0.5, 0.6) is 5.75 Å². The van der Waals surface area contributed by atoms with Crippen LogP contribution in [0.15, 0.2) is 24.3 Å². The van der Waals surface area contributed by atoms with Gasteiger partial charge in [0.2, 0.25) is 5.91 Å². The van der Waals surface area contributed by atoms with E-state index < -0.39 is 0 Å². The lowest BCUT2D eigenvalue weighted by atomic mass is 10.1. The molecule has 1 amide bonds. The second kappa shape index (κ2) is 11.1. The molecular formula is C15H23ClN2O3. The summed E-state index contributed by atoms with van der Waals surface area (Å²) in [5.41, 5.74) is 5.88. The summed E-state index contributed by atoms with van der Waals surface area (Å²) in [6.45, 7) is 3.54. The summed E-state index contributed by atoms with van der Waals surface area (Å²) in [6.07, 6.45) is 1.33. The van der Waals surface area contributed by atoms with Gasteiger partial charge in [-0.2, -0.15) is 0 Å². The van der Waals surface area contributed by atoms with E-state index in [9.17, 15) is 9.59 Å². The Kier molecular flexibility index (Phi) is 10.3. The van der Waals surface area contributed by atoms with Crippen molar-refractivity contribution in [1.82, 2.24) is 5.32 Å². The molecule has 1 aromatic carbocycles. The van der Waals surface area contributed by atoms with Crippen molar-refractivity contribution >= 4 is 24.1 Å². The highest BCUT2D eigenvalue weighted by atomic mass is 35.5. The van der Waals surface area contributed by atoms with E-state index in [2.05, 4.69) is 5.32 Å². The maximum absolute atomic E-state index is 11.9. The van der Waals surface area contributed by atoms with Crippen LogP contribution in [-0.4, -0.2) is 31.4 Å². The molecule has 0 radical (unpaired) electrons. The topological polar surface area (TPSA) is 81.4 Å². The molecule has 0 unspecified atom stereocenters. The number of ketones is 1. The van der Waals surface area contributed by atoms with E-state index in [1.54, 1.807) is 24.3 Å². The van der Waals surface area contributed by atoms with Crippen molar-refractivity contribution in [2.45, 2.75) is 26.2 Å². The Morgan fingerprint density at radius 1 is 1.19 bits per heavy atom. The largest absolute Gasteiger partial charge is 0.494 e. The van der Waals surface area contributed by atoms with Crippen molar-refractivity contribution < 1.29 is 14.3 Å². The molecule has 1 rings (SSSR count). The molecule has 0 heterocycles. The van der Waals surface area contributed by atoms with Crippen LogP contribution < -0.4 is 15.8 Å². The van der Waals surface area contributed by atoms with Crippen molar-refractivity contribution in [3.63, 3.8) is 0 Å². The van der Waals surface area contributed by atoms with Crippen molar-refractivity contribution in [1.29, 1.82) is 0 Å². The lowest BCUT2D eigenvalue weighted by molar-refractivity contribution is -0.121. The van der Waals surface area contributed by atoms with Crippen molar-refractivity contribution in [3.05, 3.63) is 29.8 Å². The lowest BCUT2D eigenvalue weighted by Crippen LogP contribution is -2.29. The van der Waals surface area contributed by atoms with E-state index in [0.29, 0.717) is 25.3 Å². The Morgan fingerprint density at radius 3 is 2.43 bits per heavy atom. The molecule has 0 fully saturated rings. The van der Waals surface area contributed by atoms with Gasteiger partial charge in [0.05, 0.1) is 6.61 Å². The van der Waals surface area contributed by atoms with E-state index >= 15 is 0 Å². The molecule has 0 aliphatic rings. The number of rotatable bonds is 9. The molecule has 0 atom stereocenters. The Balaban J connectivity index is 0.00000400. The summed E-state index contributed by atoms with van der Waals surface area (Å²) in [5.74, 6) is 0.561. The summed E-state index contributed by atoms with van der Waals surface area (Å²) in [5, 5.41) is 2.64. The minimum Gasteiger partial charge on any atom is -0.494 e. The molecule has 118 valence electrons. The molecule has 3 N–H and O–H groups in total. The number of hydrogen-bond donors (Lipinski definition) is 2. The molecule has 0 bridgehead atoms. The normalized spacial score (nSPS) is 9.62. The van der Waals surface area contributed by atoms with Gasteiger partial charge in [-0.05, 0) is 30.7 Å². The first-order valence-electron chi connectivity index (χ1n) is 6.90. The molecule has 21 heavy (non-hydrogen) atoms. The highest BCUT2D eigenvalue weighted by molar-refractivity contribution is 5.98. The van der Waals surface area contributed by atoms with Gasteiger partial charge in [0, 0.05) is 31.5 Å². The zero-order chi connectivity index (χ0) is 14.8. The number of halogens is 1. The average Bonchev–Trinajstić information content (AvgIpc) is 2.49. The number of nitrogens with one attached hydrogen (secondary N) is 1. The number of amides is 1. The van der Waals surface area contributed by atoms with Crippen LogP contribution in [0.2, 0.25) is 0 Å². The molecule has 1 aromatic rings. The predicted molar refractivity (Wildman–Crippen MR) is 85.1 cm³/mol. The predicted octanol–water partition coefficient (Wildman–Crippen LogP) is 1.94. The molecule has 5 nitrogen and oxygen atoms in total. The van der Waals surface area contributed by atoms with Crippen LogP contribution in [-0.2, 0) is 4.79 Å². The van der Waals surface area contributed by atoms with Gasteiger partial charge in [-0.1, -0.05) is 6.92 Å². The third-order valence-electron chi connectivity index (χ3n) is 2.69. The van der Waals surface area contributed by atoms with Gasteiger partial charge in [0.15, 0.2) is 5.78 Å². The summed E-state index contributed by atoms with van der Waals surface area (Å²) in [7, 11) is 0. The van der Waals surface area contributed by atoms with Crippen LogP contribution >= 0.6 is 12.4 Å². The van der Waals surface area contributed by atoms with Gasteiger partial charge in [-0.15, -0.1) is 12.4 Å². The van der Waals surface area contributed by atoms with Gasteiger partial charge < -0.3 is 15.8 Å². The highest BCUT2D eigenvalue weighted by Crippen LogP contribution is 2.14. The molecule has 0 aliphatic carbocycles. The van der Waals surface area contributed by atoms with Crippen LogP contribution in [0.1, 0.15) is 36.5 Å². The summed E-state index contributed by atoms with van der Waals surface area (Å²) in [6, 6.07) is 7.00. The van der Waals surface area contributed by atoms with Crippen LogP contribution in [0.25, 0.3) is 0 Å². The molecule has 0 aromatic heterocycles. The highest BCUT2D eigenvalue weighted by Gasteiger charge is 2.09. The maximum Gasteiger partial charge on any atom is 0.220 e. The van der Waals surface area contributed by atoms with Crippen molar-refractivity contribution in [2.75, 3.05) is 19.7 Å². The lowest BCUT2D eigenvalue weighted by Gasteiger charge is -2.06. The molecule has 0 saturated carbocycles. The monoisotopic (exact) mass is 314 g/mol. The van der Waals surface area contributed by atoms with Gasteiger partial charge in [0.1, 0.15) is 5.75 Å². The summed E-state index contributed by atoms with van der Waals surface area (Å²) in [4.78, 5) is 23.3. The first-order valence-corrected chi connectivity index (χ1v) is 6.90. The van der Waals surface area contributed by atoms with Gasteiger partial charge >= 0.3 is 0 Å². The minimum absolute atomic E-state index is 0. The third kappa shape index (κ3) is 7.68. The van der Waals surface area contributed by atoms with E-state index in [4.69, 9.17) is 10.5 Å². The first-order chi connectivity index (χ1) is 9.67. The molecule has 0 aliphatic heterocycles. The molecular weight excluding hydrogens is 292 g/mol. The Labute approximate surface area is 131 Å². The van der Waals surface area contributed by atoms with E-state index in [1.807, 2.05) is 6.92 Å². The SMILES string of the molecule is CCCOc1ccc(C(=O)CCC(=O)NCCN)cc1.Cl. The third-order valence-corrected chi connectivity index (χ3v) is 2.69. The maximum atomic E-state index is 11.9. The molecule has 6 heteroatoms. The second-order valence-corrected chi connectivity index (χ2v) is 4.43. The summed E-state index contributed by atoms with van der Waals surface area (Å²) >= 11 is 0. The zero-order valence-corrected chi connectivity index (χ0v) is 13.1. The fourth-order valence-electron chi connectivity index (χ4n) is 1.63. The number of nitrogens with two attached hydrogens (primary N) is 1. The van der Waals surface area contributed by atoms with Crippen LogP contribution in [0.4, 0.5) is 0 Å². The Morgan fingerprint density at radius 2 is 1.86 bits per heavy atom. The van der Waals surface area contributed by atoms with Gasteiger partial charge in [0.25, 0.3) is 0 Å². The first kappa shape index (κ1) is 19.4. The Bertz CT molecular complexity index is 435. The number of carbonyl (C=O) groups excluding carboxylic acids is 2. The average molecular weight is 315 g/mol. The summed E-state index contributed by atoms with van der Waals surface area (Å²) < 4.78 is 5.45. The fourth-order valence-corrected chi connectivity index (χ4v) is 1.63. The van der Waals surface area contributed by atoms with E-state index in [0.717, 1.165) is 12.2 Å². The van der Waals surface area contributed by atoms with E-state index in [1.165, 1.54) is 0 Å². The number of carbonyl (C=O) groups is 2. The smallest absolute Gasteiger partial charge is 0.220 e. The van der Waals surface area contributed by atoms with Crippen molar-refractivity contribution in [2.24, 2.45) is 5.73 Å². The quantitative estimate of drug-likeness (QED) is 0.682. The number of Topliss-reactive ketones (excluding diaryl/α,β-unsaturated/α-hetero) is 1. The molecule has 0 saturated heterocycles. The van der Waals surface area contributed by atoms with Crippen LogP contribution in [0, 0.1) is 0 Å².